The van der Waals surface area contributed by atoms with Crippen molar-refractivity contribution in [2.45, 2.75) is 31.8 Å². The SMILES string of the molecule is O=C(CCC(=O)N1CCc2ccccc2[C@@H]1c1ccccc1)NCc1cccc2ccccc12. The summed E-state index contributed by atoms with van der Waals surface area (Å²) in [6.45, 7) is 1.12. The molecule has 0 saturated heterocycles. The fourth-order valence-electron chi connectivity index (χ4n) is 4.92. The Morgan fingerprint density at radius 2 is 1.53 bits per heavy atom. The Bertz CT molecular complexity index is 1310. The number of nitrogens with zero attached hydrogens (tertiary/aromatic N) is 1. The maximum absolute atomic E-state index is 13.3. The van der Waals surface area contributed by atoms with Crippen molar-refractivity contribution in [3.8, 4) is 0 Å². The molecule has 1 N–H and O–H groups in total. The first kappa shape index (κ1) is 21.9. The van der Waals surface area contributed by atoms with Crippen LogP contribution in [0, 0.1) is 0 Å². The van der Waals surface area contributed by atoms with Crippen LogP contribution < -0.4 is 5.32 Å². The molecule has 1 heterocycles. The van der Waals surface area contributed by atoms with Gasteiger partial charge in [-0.15, -0.1) is 0 Å². The number of carbonyl (C=O) groups excluding carboxylic acids is 2. The zero-order chi connectivity index (χ0) is 23.3. The number of fused-ring (bicyclic) bond motifs is 2. The molecule has 1 aliphatic rings. The second-order valence-corrected chi connectivity index (χ2v) is 8.76. The monoisotopic (exact) mass is 448 g/mol. The van der Waals surface area contributed by atoms with Crippen LogP contribution in [0.1, 0.15) is 41.1 Å². The molecule has 1 aliphatic heterocycles. The molecule has 5 rings (SSSR count). The predicted octanol–water partition coefficient (Wildman–Crippen LogP) is 5.41. The fourth-order valence-corrected chi connectivity index (χ4v) is 4.92. The van der Waals surface area contributed by atoms with Crippen LogP contribution in [0.2, 0.25) is 0 Å². The number of benzene rings is 4. The van der Waals surface area contributed by atoms with Gasteiger partial charge in [0.1, 0.15) is 0 Å². The molecule has 2 amide bonds. The number of amides is 2. The van der Waals surface area contributed by atoms with Gasteiger partial charge in [0, 0.05) is 25.9 Å². The third-order valence-electron chi connectivity index (χ3n) is 6.64. The predicted molar refractivity (Wildman–Crippen MR) is 135 cm³/mol. The van der Waals surface area contributed by atoms with E-state index in [4.69, 9.17) is 0 Å². The van der Waals surface area contributed by atoms with Gasteiger partial charge in [0.15, 0.2) is 0 Å². The number of nitrogens with one attached hydrogen (secondary N) is 1. The van der Waals surface area contributed by atoms with Crippen molar-refractivity contribution in [3.63, 3.8) is 0 Å². The Morgan fingerprint density at radius 1 is 0.794 bits per heavy atom. The maximum atomic E-state index is 13.3. The lowest BCUT2D eigenvalue weighted by Gasteiger charge is -2.38. The molecule has 0 fully saturated rings. The van der Waals surface area contributed by atoms with E-state index in [-0.39, 0.29) is 30.7 Å². The molecule has 4 aromatic carbocycles. The van der Waals surface area contributed by atoms with Crippen LogP contribution >= 0.6 is 0 Å². The topological polar surface area (TPSA) is 49.4 Å². The van der Waals surface area contributed by atoms with Gasteiger partial charge in [-0.3, -0.25) is 9.59 Å². The number of carbonyl (C=O) groups is 2. The van der Waals surface area contributed by atoms with Gasteiger partial charge in [0.25, 0.3) is 0 Å². The third kappa shape index (κ3) is 4.58. The lowest BCUT2D eigenvalue weighted by molar-refractivity contribution is -0.135. The first-order valence-corrected chi connectivity index (χ1v) is 11.9. The molecule has 4 nitrogen and oxygen atoms in total. The average Bonchev–Trinajstić information content (AvgIpc) is 2.90. The van der Waals surface area contributed by atoms with E-state index in [9.17, 15) is 9.59 Å². The Hall–Kier alpha value is -3.92. The Labute approximate surface area is 200 Å². The summed E-state index contributed by atoms with van der Waals surface area (Å²) >= 11 is 0. The quantitative estimate of drug-likeness (QED) is 0.429. The van der Waals surface area contributed by atoms with Crippen molar-refractivity contribution in [2.75, 3.05) is 6.54 Å². The van der Waals surface area contributed by atoms with Crippen LogP contribution in [0.25, 0.3) is 10.8 Å². The zero-order valence-corrected chi connectivity index (χ0v) is 19.1. The summed E-state index contributed by atoms with van der Waals surface area (Å²) in [6, 6.07) is 32.6. The van der Waals surface area contributed by atoms with Crippen molar-refractivity contribution in [1.29, 1.82) is 0 Å². The van der Waals surface area contributed by atoms with E-state index < -0.39 is 0 Å². The van der Waals surface area contributed by atoms with Crippen molar-refractivity contribution in [1.82, 2.24) is 10.2 Å². The molecule has 170 valence electrons. The van der Waals surface area contributed by atoms with Gasteiger partial charge in [-0.1, -0.05) is 97.1 Å². The summed E-state index contributed by atoms with van der Waals surface area (Å²) in [5, 5.41) is 5.29. The largest absolute Gasteiger partial charge is 0.352 e. The number of hydrogen-bond donors (Lipinski definition) is 1. The molecule has 0 aromatic heterocycles. The molecule has 1 atom stereocenters. The van der Waals surface area contributed by atoms with E-state index in [0.717, 1.165) is 28.3 Å². The second-order valence-electron chi connectivity index (χ2n) is 8.76. The lowest BCUT2D eigenvalue weighted by Crippen LogP contribution is -2.41. The maximum Gasteiger partial charge on any atom is 0.223 e. The van der Waals surface area contributed by atoms with Gasteiger partial charge >= 0.3 is 0 Å². The highest BCUT2D eigenvalue weighted by atomic mass is 16.2. The normalized spacial score (nSPS) is 15.1. The molecular weight excluding hydrogens is 420 g/mol. The van der Waals surface area contributed by atoms with E-state index in [1.807, 2.05) is 53.4 Å². The van der Waals surface area contributed by atoms with Gasteiger partial charge in [-0.25, -0.2) is 0 Å². The minimum atomic E-state index is -0.114. The molecule has 0 spiro atoms. The third-order valence-corrected chi connectivity index (χ3v) is 6.64. The molecular formula is C30H28N2O2. The van der Waals surface area contributed by atoms with Gasteiger partial charge in [-0.2, -0.15) is 0 Å². The zero-order valence-electron chi connectivity index (χ0n) is 19.1. The van der Waals surface area contributed by atoms with E-state index in [1.54, 1.807) is 0 Å². The van der Waals surface area contributed by atoms with E-state index in [0.29, 0.717) is 13.1 Å². The molecule has 4 aromatic rings. The Kier molecular flexibility index (Phi) is 6.39. The first-order valence-electron chi connectivity index (χ1n) is 11.9. The van der Waals surface area contributed by atoms with Crippen LogP contribution in [-0.4, -0.2) is 23.3 Å². The Balaban J connectivity index is 1.25. The van der Waals surface area contributed by atoms with Gasteiger partial charge in [0.2, 0.25) is 11.8 Å². The van der Waals surface area contributed by atoms with Crippen LogP contribution in [0.5, 0.6) is 0 Å². The van der Waals surface area contributed by atoms with E-state index in [1.165, 1.54) is 11.1 Å². The van der Waals surface area contributed by atoms with Crippen molar-refractivity contribution in [3.05, 3.63) is 119 Å². The second kappa shape index (κ2) is 9.92. The summed E-state index contributed by atoms with van der Waals surface area (Å²) in [6.07, 6.45) is 1.22. The molecule has 0 unspecified atom stereocenters. The molecule has 34 heavy (non-hydrogen) atoms. The van der Waals surface area contributed by atoms with Gasteiger partial charge < -0.3 is 10.2 Å². The van der Waals surface area contributed by atoms with Crippen molar-refractivity contribution >= 4 is 22.6 Å². The van der Waals surface area contributed by atoms with Crippen molar-refractivity contribution in [2.24, 2.45) is 0 Å². The summed E-state index contributed by atoms with van der Waals surface area (Å²) in [5.74, 6) is -0.0846. The summed E-state index contributed by atoms with van der Waals surface area (Å²) in [7, 11) is 0. The minimum absolute atomic E-state index is 0.0173. The highest BCUT2D eigenvalue weighted by molar-refractivity contribution is 5.87. The van der Waals surface area contributed by atoms with Crippen LogP contribution in [-0.2, 0) is 22.6 Å². The molecule has 0 bridgehead atoms. The van der Waals surface area contributed by atoms with E-state index in [2.05, 4.69) is 53.8 Å². The van der Waals surface area contributed by atoms with Crippen LogP contribution in [0.15, 0.2) is 97.1 Å². The number of rotatable bonds is 6. The highest BCUT2D eigenvalue weighted by Gasteiger charge is 2.31. The highest BCUT2D eigenvalue weighted by Crippen LogP contribution is 2.35. The summed E-state index contributed by atoms with van der Waals surface area (Å²) in [4.78, 5) is 27.8. The van der Waals surface area contributed by atoms with Crippen LogP contribution in [0.3, 0.4) is 0 Å². The van der Waals surface area contributed by atoms with Crippen LogP contribution in [0.4, 0.5) is 0 Å². The summed E-state index contributed by atoms with van der Waals surface area (Å²) in [5.41, 5.74) is 4.64. The molecule has 0 aliphatic carbocycles. The molecule has 4 heteroatoms. The number of hydrogen-bond acceptors (Lipinski definition) is 2. The molecule has 0 saturated carbocycles. The first-order chi connectivity index (χ1) is 16.7. The Morgan fingerprint density at radius 3 is 2.41 bits per heavy atom. The van der Waals surface area contributed by atoms with Gasteiger partial charge in [-0.05, 0) is 39.4 Å². The minimum Gasteiger partial charge on any atom is -0.352 e. The van der Waals surface area contributed by atoms with Gasteiger partial charge in [0.05, 0.1) is 6.04 Å². The van der Waals surface area contributed by atoms with E-state index >= 15 is 0 Å². The standard InChI is InChI=1S/C30H28N2O2/c33-28(31-21-25-14-8-13-22-9-4-6-15-26(22)25)17-18-29(34)32-20-19-23-10-5-7-16-27(23)30(32)24-11-2-1-3-12-24/h1-16,30H,17-21H2,(H,31,33)/t30-/m0/s1. The van der Waals surface area contributed by atoms with Crippen molar-refractivity contribution < 1.29 is 9.59 Å². The summed E-state index contributed by atoms with van der Waals surface area (Å²) < 4.78 is 0. The average molecular weight is 449 g/mol. The lowest BCUT2D eigenvalue weighted by atomic mass is 9.88. The smallest absolute Gasteiger partial charge is 0.223 e. The fraction of sp³-hybridized carbons (Fsp3) is 0.200. The molecule has 0 radical (unpaired) electrons.